The molecule has 0 aromatic carbocycles. The molecule has 0 bridgehead atoms. The molecule has 0 radical (unpaired) electrons. The standard InChI is InChI=1S/C11H8ClFN4O2/c1-19-8-5-7(12)15-11(16-8)17-10(18)6-3-2-4-14-9(6)13/h2-5H,1H3,(H,15,16,17,18). The molecule has 98 valence electrons. The smallest absolute Gasteiger partial charge is 0.262 e. The molecule has 0 unspecified atom stereocenters. The van der Waals surface area contributed by atoms with E-state index in [1.54, 1.807) is 0 Å². The second-order valence-corrected chi connectivity index (χ2v) is 3.74. The first kappa shape index (κ1) is 13.2. The molecule has 0 aliphatic carbocycles. The number of pyridine rings is 1. The lowest BCUT2D eigenvalue weighted by molar-refractivity contribution is 0.102. The van der Waals surface area contributed by atoms with Crippen LogP contribution >= 0.6 is 11.6 Å². The Morgan fingerprint density at radius 2 is 2.26 bits per heavy atom. The topological polar surface area (TPSA) is 77.0 Å². The SMILES string of the molecule is COc1cc(Cl)nc(NC(=O)c2cccnc2F)n1. The number of rotatable bonds is 3. The third kappa shape index (κ3) is 3.14. The van der Waals surface area contributed by atoms with E-state index in [0.29, 0.717) is 0 Å². The maximum Gasteiger partial charge on any atom is 0.262 e. The number of nitrogens with zero attached hydrogens (tertiary/aromatic N) is 3. The molecule has 0 atom stereocenters. The van der Waals surface area contributed by atoms with Crippen molar-refractivity contribution in [2.24, 2.45) is 0 Å². The largest absolute Gasteiger partial charge is 0.481 e. The van der Waals surface area contributed by atoms with Gasteiger partial charge in [0.25, 0.3) is 5.91 Å². The summed E-state index contributed by atoms with van der Waals surface area (Å²) in [7, 11) is 1.39. The molecular weight excluding hydrogens is 275 g/mol. The Morgan fingerprint density at radius 1 is 1.47 bits per heavy atom. The van der Waals surface area contributed by atoms with Crippen LogP contribution in [0.15, 0.2) is 24.4 Å². The Balaban J connectivity index is 2.24. The van der Waals surface area contributed by atoms with Gasteiger partial charge in [0.2, 0.25) is 17.8 Å². The summed E-state index contributed by atoms with van der Waals surface area (Å²) in [5.41, 5.74) is -0.218. The zero-order valence-electron chi connectivity index (χ0n) is 9.72. The van der Waals surface area contributed by atoms with Crippen LogP contribution in [0.2, 0.25) is 5.15 Å². The lowest BCUT2D eigenvalue weighted by atomic mass is 10.2. The zero-order valence-corrected chi connectivity index (χ0v) is 10.5. The Kier molecular flexibility index (Phi) is 3.86. The third-order valence-electron chi connectivity index (χ3n) is 2.11. The molecule has 2 heterocycles. The average molecular weight is 283 g/mol. The second kappa shape index (κ2) is 5.57. The van der Waals surface area contributed by atoms with Crippen molar-refractivity contribution < 1.29 is 13.9 Å². The van der Waals surface area contributed by atoms with Crippen molar-refractivity contribution in [3.8, 4) is 5.88 Å². The number of ether oxygens (including phenoxy) is 1. The van der Waals surface area contributed by atoms with Crippen molar-refractivity contribution in [3.05, 3.63) is 41.1 Å². The van der Waals surface area contributed by atoms with Crippen LogP contribution in [0.5, 0.6) is 5.88 Å². The van der Waals surface area contributed by atoms with Gasteiger partial charge in [0, 0.05) is 12.3 Å². The Bertz CT molecular complexity index is 623. The summed E-state index contributed by atoms with van der Waals surface area (Å²) in [6, 6.07) is 4.11. The third-order valence-corrected chi connectivity index (χ3v) is 2.30. The number of hydrogen-bond donors (Lipinski definition) is 1. The maximum absolute atomic E-state index is 13.3. The fraction of sp³-hybridized carbons (Fsp3) is 0.0909. The molecular formula is C11H8ClFN4O2. The fourth-order valence-electron chi connectivity index (χ4n) is 1.28. The molecule has 0 spiro atoms. The number of carbonyl (C=O) groups is 1. The highest BCUT2D eigenvalue weighted by molar-refractivity contribution is 6.29. The number of anilines is 1. The number of carbonyl (C=O) groups excluding carboxylic acids is 1. The first-order valence-electron chi connectivity index (χ1n) is 5.10. The van der Waals surface area contributed by atoms with Gasteiger partial charge in [0.05, 0.1) is 12.7 Å². The van der Waals surface area contributed by atoms with Crippen molar-refractivity contribution in [1.82, 2.24) is 15.0 Å². The van der Waals surface area contributed by atoms with E-state index in [4.69, 9.17) is 16.3 Å². The van der Waals surface area contributed by atoms with Crippen molar-refractivity contribution in [2.75, 3.05) is 12.4 Å². The predicted molar refractivity (Wildman–Crippen MR) is 65.7 cm³/mol. The van der Waals surface area contributed by atoms with Gasteiger partial charge >= 0.3 is 0 Å². The molecule has 0 aliphatic heterocycles. The Morgan fingerprint density at radius 3 is 2.95 bits per heavy atom. The fourth-order valence-corrected chi connectivity index (χ4v) is 1.46. The van der Waals surface area contributed by atoms with Crippen LogP contribution in [0.4, 0.5) is 10.3 Å². The van der Waals surface area contributed by atoms with Crippen LogP contribution in [0, 0.1) is 5.95 Å². The molecule has 2 aromatic rings. The molecule has 1 amide bonds. The Labute approximate surface area is 112 Å². The monoisotopic (exact) mass is 282 g/mol. The number of aromatic nitrogens is 3. The molecule has 6 nitrogen and oxygen atoms in total. The van der Waals surface area contributed by atoms with E-state index >= 15 is 0 Å². The molecule has 0 saturated carbocycles. The highest BCUT2D eigenvalue weighted by Gasteiger charge is 2.14. The number of nitrogens with one attached hydrogen (secondary N) is 1. The van der Waals surface area contributed by atoms with Crippen LogP contribution in [-0.2, 0) is 0 Å². The lowest BCUT2D eigenvalue weighted by Gasteiger charge is -2.06. The van der Waals surface area contributed by atoms with Crippen molar-refractivity contribution in [1.29, 1.82) is 0 Å². The van der Waals surface area contributed by atoms with Gasteiger partial charge in [-0.15, -0.1) is 0 Å². The highest BCUT2D eigenvalue weighted by Crippen LogP contribution is 2.16. The number of amides is 1. The maximum atomic E-state index is 13.3. The summed E-state index contributed by atoms with van der Waals surface area (Å²) in [6.45, 7) is 0. The molecule has 0 fully saturated rings. The van der Waals surface area contributed by atoms with Crippen LogP contribution < -0.4 is 10.1 Å². The number of hydrogen-bond acceptors (Lipinski definition) is 5. The van der Waals surface area contributed by atoms with E-state index in [0.717, 1.165) is 0 Å². The van der Waals surface area contributed by atoms with E-state index < -0.39 is 11.9 Å². The second-order valence-electron chi connectivity index (χ2n) is 3.35. The van der Waals surface area contributed by atoms with Crippen LogP contribution in [-0.4, -0.2) is 28.0 Å². The molecule has 1 N–H and O–H groups in total. The van der Waals surface area contributed by atoms with E-state index in [2.05, 4.69) is 20.3 Å². The van der Waals surface area contributed by atoms with Crippen molar-refractivity contribution >= 4 is 23.5 Å². The van der Waals surface area contributed by atoms with E-state index in [-0.39, 0.29) is 22.5 Å². The number of halogens is 2. The zero-order chi connectivity index (χ0) is 13.8. The van der Waals surface area contributed by atoms with E-state index in [9.17, 15) is 9.18 Å². The van der Waals surface area contributed by atoms with Gasteiger partial charge in [0.1, 0.15) is 5.15 Å². The van der Waals surface area contributed by atoms with Gasteiger partial charge in [-0.25, -0.2) is 9.97 Å². The molecule has 2 aromatic heterocycles. The summed E-state index contributed by atoms with van der Waals surface area (Å²) >= 11 is 5.72. The van der Waals surface area contributed by atoms with Gasteiger partial charge in [-0.1, -0.05) is 11.6 Å². The highest BCUT2D eigenvalue weighted by atomic mass is 35.5. The van der Waals surface area contributed by atoms with Crippen molar-refractivity contribution in [2.45, 2.75) is 0 Å². The summed E-state index contributed by atoms with van der Waals surface area (Å²) in [5, 5.41) is 2.40. The van der Waals surface area contributed by atoms with Gasteiger partial charge in [-0.2, -0.15) is 9.37 Å². The molecule has 8 heteroatoms. The van der Waals surface area contributed by atoms with Crippen LogP contribution in [0.25, 0.3) is 0 Å². The summed E-state index contributed by atoms with van der Waals surface area (Å²) in [4.78, 5) is 22.8. The van der Waals surface area contributed by atoms with Gasteiger partial charge in [0.15, 0.2) is 0 Å². The lowest BCUT2D eigenvalue weighted by Crippen LogP contribution is -2.16. The van der Waals surface area contributed by atoms with Crippen LogP contribution in [0.1, 0.15) is 10.4 Å². The van der Waals surface area contributed by atoms with Crippen LogP contribution in [0.3, 0.4) is 0 Å². The average Bonchev–Trinajstić information content (AvgIpc) is 2.38. The quantitative estimate of drug-likeness (QED) is 0.687. The first-order valence-corrected chi connectivity index (χ1v) is 5.48. The predicted octanol–water partition coefficient (Wildman–Crippen LogP) is 1.92. The van der Waals surface area contributed by atoms with E-state index in [1.165, 1.54) is 31.5 Å². The first-order chi connectivity index (χ1) is 9.10. The summed E-state index contributed by atoms with van der Waals surface area (Å²) in [5.74, 6) is -1.51. The van der Waals surface area contributed by atoms with Crippen molar-refractivity contribution in [3.63, 3.8) is 0 Å². The minimum Gasteiger partial charge on any atom is -0.481 e. The van der Waals surface area contributed by atoms with Gasteiger partial charge < -0.3 is 4.74 Å². The minimum atomic E-state index is -0.881. The van der Waals surface area contributed by atoms with Gasteiger partial charge in [-0.05, 0) is 12.1 Å². The molecule has 2 rings (SSSR count). The normalized spacial score (nSPS) is 10.1. The van der Waals surface area contributed by atoms with E-state index in [1.807, 2.05) is 0 Å². The Hall–Kier alpha value is -2.28. The molecule has 0 saturated heterocycles. The molecule has 19 heavy (non-hydrogen) atoms. The summed E-state index contributed by atoms with van der Waals surface area (Å²) in [6.07, 6.45) is 1.24. The molecule has 0 aliphatic rings. The minimum absolute atomic E-state index is 0.0856. The summed E-state index contributed by atoms with van der Waals surface area (Å²) < 4.78 is 18.2. The number of methoxy groups -OCH3 is 1. The van der Waals surface area contributed by atoms with Gasteiger partial charge in [-0.3, -0.25) is 10.1 Å².